The molecule has 1 aromatic carbocycles. The van der Waals surface area contributed by atoms with Gasteiger partial charge in [-0.15, -0.1) is 0 Å². The Morgan fingerprint density at radius 3 is 2.43 bits per heavy atom. The number of aromatic nitrogens is 1. The Morgan fingerprint density at radius 2 is 1.87 bits per heavy atom. The lowest BCUT2D eigenvalue weighted by atomic mass is 10.0. The molecule has 0 saturated carbocycles. The number of benzene rings is 1. The van der Waals surface area contributed by atoms with Crippen LogP contribution in [0.4, 0.5) is 10.5 Å². The van der Waals surface area contributed by atoms with Crippen LogP contribution in [0, 0.1) is 6.92 Å². The third-order valence-electron chi connectivity index (χ3n) is 3.18. The van der Waals surface area contributed by atoms with Crippen molar-refractivity contribution in [1.82, 2.24) is 4.98 Å². The summed E-state index contributed by atoms with van der Waals surface area (Å²) in [5, 5.41) is 0.451. The van der Waals surface area contributed by atoms with Crippen LogP contribution in [-0.4, -0.2) is 23.7 Å². The Hall–Kier alpha value is -2.07. The van der Waals surface area contributed by atoms with Crippen molar-refractivity contribution in [1.29, 1.82) is 0 Å². The molecule has 1 heterocycles. The molecule has 4 nitrogen and oxygen atoms in total. The van der Waals surface area contributed by atoms with Gasteiger partial charge in [0.25, 0.3) is 0 Å². The number of carbonyl (C=O) groups is 1. The normalized spacial score (nSPS) is 11.2. The highest BCUT2D eigenvalue weighted by Gasteiger charge is 2.21. The summed E-state index contributed by atoms with van der Waals surface area (Å²) in [6.07, 6.45) is 1.33. The fourth-order valence-electron chi connectivity index (χ4n) is 2.11. The Morgan fingerprint density at radius 1 is 1.17 bits per heavy atom. The molecule has 0 bridgehead atoms. The van der Waals surface area contributed by atoms with Gasteiger partial charge >= 0.3 is 6.09 Å². The molecule has 0 spiro atoms. The van der Waals surface area contributed by atoms with Crippen molar-refractivity contribution in [2.75, 3.05) is 11.9 Å². The second-order valence-corrected chi connectivity index (χ2v) is 6.85. The number of hydrogen-bond acceptors (Lipinski definition) is 3. The van der Waals surface area contributed by atoms with Gasteiger partial charge in [0.2, 0.25) is 0 Å². The minimum absolute atomic E-state index is 0.386. The van der Waals surface area contributed by atoms with Gasteiger partial charge in [-0.05, 0) is 63.1 Å². The number of rotatable bonds is 2. The molecule has 0 N–H and O–H groups in total. The monoisotopic (exact) mass is 332 g/mol. The van der Waals surface area contributed by atoms with Crippen LogP contribution >= 0.6 is 11.6 Å². The number of carbonyl (C=O) groups excluding carboxylic acids is 1. The number of ether oxygens (including phenoxy) is 1. The van der Waals surface area contributed by atoms with Crippen molar-refractivity contribution < 1.29 is 9.53 Å². The molecule has 0 aliphatic rings. The fourth-order valence-corrected chi connectivity index (χ4v) is 2.22. The molecular formula is C18H21ClN2O2. The van der Waals surface area contributed by atoms with Gasteiger partial charge in [0, 0.05) is 24.5 Å². The average molecular weight is 333 g/mol. The maximum Gasteiger partial charge on any atom is 0.414 e. The van der Waals surface area contributed by atoms with E-state index >= 15 is 0 Å². The molecule has 1 amide bonds. The minimum atomic E-state index is -0.530. The molecule has 122 valence electrons. The lowest BCUT2D eigenvalue weighted by molar-refractivity contribution is 0.0589. The number of anilines is 1. The Bertz CT molecular complexity index is 706. The maximum absolute atomic E-state index is 12.2. The summed E-state index contributed by atoms with van der Waals surface area (Å²) in [5.41, 5.74) is 3.20. The van der Waals surface area contributed by atoms with Crippen LogP contribution in [-0.2, 0) is 4.74 Å². The lowest BCUT2D eigenvalue weighted by Crippen LogP contribution is -2.34. The highest BCUT2D eigenvalue weighted by Crippen LogP contribution is 2.27. The van der Waals surface area contributed by atoms with Crippen molar-refractivity contribution >= 4 is 23.4 Å². The zero-order valence-electron chi connectivity index (χ0n) is 14.1. The van der Waals surface area contributed by atoms with E-state index in [0.717, 1.165) is 22.4 Å². The second-order valence-electron chi connectivity index (χ2n) is 6.47. The fraction of sp³-hybridized carbons (Fsp3) is 0.333. The summed E-state index contributed by atoms with van der Waals surface area (Å²) in [4.78, 5) is 17.8. The van der Waals surface area contributed by atoms with Gasteiger partial charge in [-0.25, -0.2) is 9.78 Å². The first-order chi connectivity index (χ1) is 10.7. The lowest BCUT2D eigenvalue weighted by Gasteiger charge is -2.25. The average Bonchev–Trinajstić information content (AvgIpc) is 2.44. The molecule has 1 aromatic heterocycles. The minimum Gasteiger partial charge on any atom is -0.443 e. The van der Waals surface area contributed by atoms with Crippen molar-refractivity contribution in [3.63, 3.8) is 0 Å². The Balaban J connectivity index is 2.33. The van der Waals surface area contributed by atoms with E-state index in [-0.39, 0.29) is 6.09 Å². The van der Waals surface area contributed by atoms with Crippen LogP contribution in [0.5, 0.6) is 0 Å². The third kappa shape index (κ3) is 4.70. The molecule has 0 saturated heterocycles. The number of pyridine rings is 1. The third-order valence-corrected chi connectivity index (χ3v) is 3.40. The summed E-state index contributed by atoms with van der Waals surface area (Å²) in [7, 11) is 1.70. The number of hydrogen-bond donors (Lipinski definition) is 0. The highest BCUT2D eigenvalue weighted by molar-refractivity contribution is 6.29. The van der Waals surface area contributed by atoms with Gasteiger partial charge in [0.05, 0.1) is 0 Å². The molecule has 2 rings (SSSR count). The maximum atomic E-state index is 12.2. The molecule has 0 atom stereocenters. The summed E-state index contributed by atoms with van der Waals surface area (Å²) in [6.45, 7) is 7.53. The molecule has 23 heavy (non-hydrogen) atoms. The van der Waals surface area contributed by atoms with Gasteiger partial charge in [-0.3, -0.25) is 4.90 Å². The van der Waals surface area contributed by atoms with E-state index in [1.165, 1.54) is 4.90 Å². The number of nitrogens with zero attached hydrogens (tertiary/aromatic N) is 2. The predicted molar refractivity (Wildman–Crippen MR) is 94.1 cm³/mol. The van der Waals surface area contributed by atoms with E-state index in [0.29, 0.717) is 5.15 Å². The molecule has 2 aromatic rings. The number of aryl methyl sites for hydroxylation is 1. The zero-order chi connectivity index (χ0) is 17.2. The van der Waals surface area contributed by atoms with E-state index in [1.807, 2.05) is 52.0 Å². The van der Waals surface area contributed by atoms with Crippen LogP contribution < -0.4 is 4.90 Å². The quantitative estimate of drug-likeness (QED) is 0.720. The van der Waals surface area contributed by atoms with Gasteiger partial charge in [-0.2, -0.15) is 0 Å². The summed E-state index contributed by atoms with van der Waals surface area (Å²) >= 11 is 5.83. The molecular weight excluding hydrogens is 312 g/mol. The number of amides is 1. The summed E-state index contributed by atoms with van der Waals surface area (Å²) in [6, 6.07) is 9.56. The second kappa shape index (κ2) is 6.59. The first-order valence-corrected chi connectivity index (χ1v) is 7.74. The van der Waals surface area contributed by atoms with Gasteiger partial charge in [0.15, 0.2) is 0 Å². The predicted octanol–water partition coefficient (Wildman–Crippen LogP) is 5.08. The first-order valence-electron chi connectivity index (χ1n) is 7.36. The highest BCUT2D eigenvalue weighted by atomic mass is 35.5. The smallest absolute Gasteiger partial charge is 0.414 e. The SMILES string of the molecule is Cc1cc(-c2ccc(Cl)nc2)cc(N(C)C(=O)OC(C)(C)C)c1. The van der Waals surface area contributed by atoms with Gasteiger partial charge < -0.3 is 4.74 Å². The van der Waals surface area contributed by atoms with Crippen LogP contribution in [0.3, 0.4) is 0 Å². The van der Waals surface area contributed by atoms with E-state index in [9.17, 15) is 4.79 Å². The number of halogens is 1. The molecule has 0 unspecified atom stereocenters. The van der Waals surface area contributed by atoms with Crippen molar-refractivity contribution in [2.24, 2.45) is 0 Å². The topological polar surface area (TPSA) is 42.4 Å². The van der Waals surface area contributed by atoms with E-state index in [1.54, 1.807) is 19.3 Å². The standard InChI is InChI=1S/C18H21ClN2O2/c1-12-8-14(13-6-7-16(19)20-11-13)10-15(9-12)21(5)17(22)23-18(2,3)4/h6-11H,1-5H3. The van der Waals surface area contributed by atoms with E-state index in [4.69, 9.17) is 16.3 Å². The summed E-state index contributed by atoms with van der Waals surface area (Å²) < 4.78 is 5.41. The summed E-state index contributed by atoms with van der Waals surface area (Å²) in [5.74, 6) is 0. The van der Waals surface area contributed by atoms with E-state index in [2.05, 4.69) is 4.98 Å². The Kier molecular flexibility index (Phi) is 4.95. The zero-order valence-corrected chi connectivity index (χ0v) is 14.8. The molecule has 0 aliphatic heterocycles. The molecule has 0 aliphatic carbocycles. The van der Waals surface area contributed by atoms with Crippen molar-refractivity contribution in [3.8, 4) is 11.1 Å². The van der Waals surface area contributed by atoms with Gasteiger partial charge in [-0.1, -0.05) is 17.7 Å². The molecule has 0 radical (unpaired) electrons. The van der Waals surface area contributed by atoms with Gasteiger partial charge in [0.1, 0.15) is 10.8 Å². The van der Waals surface area contributed by atoms with Crippen LogP contribution in [0.1, 0.15) is 26.3 Å². The Labute approximate surface area is 142 Å². The first kappa shape index (κ1) is 17.3. The van der Waals surface area contributed by atoms with E-state index < -0.39 is 5.60 Å². The van der Waals surface area contributed by atoms with Crippen LogP contribution in [0.15, 0.2) is 36.5 Å². The molecule has 0 fully saturated rings. The van der Waals surface area contributed by atoms with Crippen molar-refractivity contribution in [2.45, 2.75) is 33.3 Å². The van der Waals surface area contributed by atoms with Crippen molar-refractivity contribution in [3.05, 3.63) is 47.2 Å². The molecule has 5 heteroatoms. The van der Waals surface area contributed by atoms with Crippen LogP contribution in [0.2, 0.25) is 5.15 Å². The van der Waals surface area contributed by atoms with Crippen LogP contribution in [0.25, 0.3) is 11.1 Å². The largest absolute Gasteiger partial charge is 0.443 e.